The van der Waals surface area contributed by atoms with Crippen molar-refractivity contribution in [2.24, 2.45) is 0 Å². The number of nitrogens with zero attached hydrogens (tertiary/aromatic N) is 3. The molecule has 2 fully saturated rings. The Hall–Kier alpha value is -6.71. The quantitative estimate of drug-likeness (QED) is 0.152. The lowest BCUT2D eigenvalue weighted by molar-refractivity contribution is -0.193. The molecule has 0 atom stereocenters. The molecule has 0 unspecified atom stereocenters. The fraction of sp³-hybridized carbons (Fsp3) is 0.298. The number of H-pyrrole nitrogens is 2. The lowest BCUT2D eigenvalue weighted by Crippen LogP contribution is -2.47. The summed E-state index contributed by atoms with van der Waals surface area (Å²) in [5, 5.41) is 17.3. The van der Waals surface area contributed by atoms with Crippen LogP contribution in [0.25, 0.3) is 22.3 Å². The molecule has 1 amide bonds. The van der Waals surface area contributed by atoms with Gasteiger partial charge in [-0.3, -0.25) is 10.2 Å². The Balaban J connectivity index is 0.000000203. The van der Waals surface area contributed by atoms with Crippen LogP contribution in [-0.4, -0.2) is 75.5 Å². The average Bonchev–Trinajstić information content (AvgIpc) is 4.02. The summed E-state index contributed by atoms with van der Waals surface area (Å²) >= 11 is 0. The van der Waals surface area contributed by atoms with Gasteiger partial charge in [-0.2, -0.15) is 29.4 Å². The van der Waals surface area contributed by atoms with Crippen molar-refractivity contribution in [3.05, 3.63) is 156 Å². The Morgan fingerprint density at radius 3 is 1.31 bits per heavy atom. The summed E-state index contributed by atoms with van der Waals surface area (Å²) in [5.74, 6) is 0. The minimum atomic E-state index is -0.478. The van der Waals surface area contributed by atoms with Gasteiger partial charge in [-0.25, -0.2) is 4.79 Å². The Kier molecular flexibility index (Phi) is 15.2. The maximum Gasteiger partial charge on any atom is 0.410 e. The van der Waals surface area contributed by atoms with Crippen LogP contribution in [0.2, 0.25) is 0 Å². The third-order valence-corrected chi connectivity index (χ3v) is 10.9. The van der Waals surface area contributed by atoms with Gasteiger partial charge < -0.3 is 15.0 Å². The highest BCUT2D eigenvalue weighted by molar-refractivity contribution is 5.69. The smallest absolute Gasteiger partial charge is 0.410 e. The molecule has 8 rings (SSSR count). The molecule has 2 aliphatic rings. The van der Waals surface area contributed by atoms with Crippen molar-refractivity contribution in [2.45, 2.75) is 62.9 Å². The van der Waals surface area contributed by atoms with Crippen LogP contribution in [0, 0.1) is 0 Å². The molecule has 6 aromatic rings. The molecule has 0 spiro atoms. The number of hydrogen-bond acceptors (Lipinski definition) is 9. The molecule has 3 N–H and O–H groups in total. The summed E-state index contributed by atoms with van der Waals surface area (Å²) < 4.78 is 5.59. The summed E-state index contributed by atoms with van der Waals surface area (Å²) in [6.07, 6.45) is 11.8. The van der Waals surface area contributed by atoms with Crippen LogP contribution in [0.3, 0.4) is 0 Å². The van der Waals surface area contributed by atoms with E-state index in [1.54, 1.807) is 0 Å². The van der Waals surface area contributed by atoms with E-state index in [0.717, 1.165) is 55.5 Å². The number of aromatic nitrogens is 4. The monoisotopic (exact) mass is 794 g/mol. The molecule has 2 aliphatic heterocycles. The Morgan fingerprint density at radius 2 is 0.949 bits per heavy atom. The molecule has 12 nitrogen and oxygen atoms in total. The van der Waals surface area contributed by atoms with E-state index in [2.05, 4.69) is 135 Å². The van der Waals surface area contributed by atoms with Gasteiger partial charge in [-0.15, -0.1) is 0 Å². The normalized spacial score (nSPS) is 15.2. The third-order valence-electron chi connectivity index (χ3n) is 10.9. The predicted octanol–water partition coefficient (Wildman–Crippen LogP) is 7.97. The number of hydrogen-bond donors (Lipinski definition) is 3. The summed E-state index contributed by atoms with van der Waals surface area (Å²) in [7, 11) is 0. The van der Waals surface area contributed by atoms with Gasteiger partial charge in [0.2, 0.25) is 0 Å². The van der Waals surface area contributed by atoms with Crippen LogP contribution in [0.5, 0.6) is 0 Å². The lowest BCUT2D eigenvalue weighted by Gasteiger charge is -2.43. The van der Waals surface area contributed by atoms with Gasteiger partial charge >= 0.3 is 18.4 Å². The number of carbonyl (C=O) groups excluding carboxylic acids is 5. The van der Waals surface area contributed by atoms with Gasteiger partial charge in [0.25, 0.3) is 0 Å². The fourth-order valence-corrected chi connectivity index (χ4v) is 8.03. The Labute approximate surface area is 344 Å². The number of ether oxygens (including phenoxy) is 1. The predicted molar refractivity (Wildman–Crippen MR) is 222 cm³/mol. The molecule has 0 bridgehead atoms. The molecule has 2 saturated heterocycles. The van der Waals surface area contributed by atoms with Gasteiger partial charge in [-0.1, -0.05) is 109 Å². The number of amides is 1. The van der Waals surface area contributed by atoms with Crippen molar-refractivity contribution < 1.29 is 28.7 Å². The highest BCUT2D eigenvalue weighted by Gasteiger charge is 2.40. The van der Waals surface area contributed by atoms with Crippen LogP contribution in [0.1, 0.15) is 68.7 Å². The molecule has 59 heavy (non-hydrogen) atoms. The highest BCUT2D eigenvalue weighted by Crippen LogP contribution is 2.43. The molecule has 0 aliphatic carbocycles. The van der Waals surface area contributed by atoms with Gasteiger partial charge in [0.1, 0.15) is 5.60 Å². The number of benzene rings is 4. The molecule has 0 saturated carbocycles. The molecule has 4 aromatic carbocycles. The summed E-state index contributed by atoms with van der Waals surface area (Å²) in [5.41, 5.74) is 9.52. The van der Waals surface area contributed by atoms with E-state index < -0.39 is 5.60 Å². The highest BCUT2D eigenvalue weighted by atomic mass is 16.6. The number of piperidine rings is 2. The first-order valence-electron chi connectivity index (χ1n) is 19.6. The minimum absolute atomic E-state index is 0.116. The molecule has 4 heterocycles. The minimum Gasteiger partial charge on any atom is -0.444 e. The standard InChI is InChI=1S/C25H29N3O2.C20H21N3.2CO2/c1-24(2,3)30-23(29)28-15-13-25(14-16-28,21-7-5-4-6-8-21)22-11-9-19(10-12-22)20-17-26-27-18-20;1-2-4-18(5-3-1)20(10-12-21-13-11-20)19-8-6-16(7-9-19)17-14-22-23-15-17;2*2-1-3/h4-12,17-18H,13-16H2,1-3H3,(H,26,27);1-9,14-15,21H,10-13H2,(H,22,23);;. The van der Waals surface area contributed by atoms with Crippen molar-refractivity contribution in [1.29, 1.82) is 0 Å². The van der Waals surface area contributed by atoms with E-state index in [-0.39, 0.29) is 29.2 Å². The molecular formula is C47H50N6O6. The van der Waals surface area contributed by atoms with Crippen molar-refractivity contribution >= 4 is 18.4 Å². The van der Waals surface area contributed by atoms with E-state index in [4.69, 9.17) is 23.9 Å². The second-order valence-electron chi connectivity index (χ2n) is 15.4. The van der Waals surface area contributed by atoms with Gasteiger partial charge in [0.15, 0.2) is 0 Å². The van der Waals surface area contributed by atoms with Crippen molar-refractivity contribution in [1.82, 2.24) is 30.6 Å². The third kappa shape index (κ3) is 11.0. The first-order valence-corrected chi connectivity index (χ1v) is 19.6. The zero-order valence-electron chi connectivity index (χ0n) is 33.6. The number of aromatic amines is 2. The molecule has 12 heteroatoms. The van der Waals surface area contributed by atoms with E-state index in [1.807, 2.05) is 50.5 Å². The summed E-state index contributed by atoms with van der Waals surface area (Å²) in [6.45, 7) is 9.21. The largest absolute Gasteiger partial charge is 0.444 e. The zero-order chi connectivity index (χ0) is 42.1. The second kappa shape index (κ2) is 20.6. The maximum atomic E-state index is 12.6. The van der Waals surface area contributed by atoms with Gasteiger partial charge in [-0.05, 0) is 92.9 Å². The molecule has 0 radical (unpaired) electrons. The van der Waals surface area contributed by atoms with E-state index >= 15 is 0 Å². The maximum absolute atomic E-state index is 12.6. The summed E-state index contributed by atoms with van der Waals surface area (Å²) in [4.78, 5) is 46.9. The number of rotatable bonds is 6. The topological polar surface area (TPSA) is 167 Å². The molecule has 2 aromatic heterocycles. The summed E-state index contributed by atoms with van der Waals surface area (Å²) in [6, 6.07) is 39.4. The van der Waals surface area contributed by atoms with Crippen LogP contribution in [0.4, 0.5) is 4.79 Å². The molecular weight excluding hydrogens is 745 g/mol. The van der Waals surface area contributed by atoms with E-state index in [9.17, 15) is 4.79 Å². The number of likely N-dealkylation sites (tertiary alicyclic amines) is 1. The van der Waals surface area contributed by atoms with Crippen molar-refractivity contribution in [2.75, 3.05) is 26.2 Å². The molecule has 304 valence electrons. The fourth-order valence-electron chi connectivity index (χ4n) is 8.03. The first kappa shape index (κ1) is 43.4. The Bertz CT molecular complexity index is 2200. The zero-order valence-corrected chi connectivity index (χ0v) is 33.6. The van der Waals surface area contributed by atoms with Crippen LogP contribution < -0.4 is 5.32 Å². The van der Waals surface area contributed by atoms with Crippen molar-refractivity contribution in [3.8, 4) is 22.3 Å². The van der Waals surface area contributed by atoms with Gasteiger partial charge in [0.05, 0.1) is 12.4 Å². The van der Waals surface area contributed by atoms with Gasteiger partial charge in [0, 0.05) is 47.4 Å². The van der Waals surface area contributed by atoms with Crippen LogP contribution in [-0.2, 0) is 34.7 Å². The number of carbonyl (C=O) groups is 1. The second-order valence-corrected chi connectivity index (χ2v) is 15.4. The van der Waals surface area contributed by atoms with Crippen LogP contribution >= 0.6 is 0 Å². The number of nitrogens with one attached hydrogen (secondary N) is 3. The Morgan fingerprint density at radius 1 is 0.576 bits per heavy atom. The average molecular weight is 795 g/mol. The lowest BCUT2D eigenvalue weighted by atomic mass is 9.68. The SMILES string of the molecule is CC(C)(C)OC(=O)N1CCC(c2ccccc2)(c2ccc(-c3cn[nH]c3)cc2)CC1.O=C=O.O=C=O.c1ccc(C2(c3ccc(-c4cn[nH]c4)cc3)CCNCC2)cc1. The van der Waals surface area contributed by atoms with E-state index in [1.165, 1.54) is 27.8 Å². The van der Waals surface area contributed by atoms with Crippen LogP contribution in [0.15, 0.2) is 134 Å². The van der Waals surface area contributed by atoms with E-state index in [0.29, 0.717) is 13.1 Å². The first-order chi connectivity index (χ1) is 28.6. The van der Waals surface area contributed by atoms with Crippen molar-refractivity contribution in [3.63, 3.8) is 0 Å².